The summed E-state index contributed by atoms with van der Waals surface area (Å²) in [4.78, 5) is 17.8. The maximum Gasteiger partial charge on any atom is 0.164 e. The zero-order valence-electron chi connectivity index (χ0n) is 29.1. The second-order valence-corrected chi connectivity index (χ2v) is 15.0. The van der Waals surface area contributed by atoms with Gasteiger partial charge < -0.3 is 0 Å². The van der Waals surface area contributed by atoms with Gasteiger partial charge in [-0.15, -0.1) is 0 Å². The van der Waals surface area contributed by atoms with Crippen LogP contribution in [0.3, 0.4) is 0 Å². The summed E-state index contributed by atoms with van der Waals surface area (Å²) >= 11 is 1.87. The molecule has 0 radical (unpaired) electrons. The maximum absolute atomic E-state index is 5.13. The summed E-state index contributed by atoms with van der Waals surface area (Å²) in [5.74, 6) is 1.95. The number of hydrogen-bond donors (Lipinski definition) is 0. The quantitative estimate of drug-likeness (QED) is 0.183. The van der Waals surface area contributed by atoms with E-state index in [9.17, 15) is 0 Å². The monoisotopic (exact) mass is 705 g/mol. The lowest BCUT2D eigenvalue weighted by atomic mass is 9.67. The third-order valence-electron chi connectivity index (χ3n) is 11.0. The molecule has 9 aromatic rings. The van der Waals surface area contributed by atoms with Crippen molar-refractivity contribution in [3.8, 4) is 56.4 Å². The molecule has 0 saturated carbocycles. The lowest BCUT2D eigenvalue weighted by Crippen LogP contribution is -2.31. The van der Waals surface area contributed by atoms with Crippen molar-refractivity contribution in [2.75, 3.05) is 0 Å². The van der Waals surface area contributed by atoms with Gasteiger partial charge in [-0.3, -0.25) is 0 Å². The highest BCUT2D eigenvalue weighted by Crippen LogP contribution is 2.62. The van der Waals surface area contributed by atoms with Gasteiger partial charge in [0.2, 0.25) is 0 Å². The predicted octanol–water partition coefficient (Wildman–Crippen LogP) is 12.5. The molecule has 2 heterocycles. The number of hydrogen-bond acceptors (Lipinski definition) is 4. The Morgan fingerprint density at radius 1 is 0.315 bits per heavy atom. The van der Waals surface area contributed by atoms with Crippen molar-refractivity contribution in [3.63, 3.8) is 0 Å². The van der Waals surface area contributed by atoms with Crippen molar-refractivity contribution in [2.24, 2.45) is 0 Å². The van der Waals surface area contributed by atoms with Gasteiger partial charge in [-0.25, -0.2) is 15.0 Å². The van der Waals surface area contributed by atoms with E-state index < -0.39 is 5.41 Å². The summed E-state index contributed by atoms with van der Waals surface area (Å²) in [5, 5.41) is 2.34. The molecule has 1 aliphatic carbocycles. The van der Waals surface area contributed by atoms with E-state index in [1.165, 1.54) is 54.1 Å². The van der Waals surface area contributed by atoms with Crippen molar-refractivity contribution >= 4 is 22.5 Å². The van der Waals surface area contributed by atoms with E-state index >= 15 is 0 Å². The fourth-order valence-corrected chi connectivity index (χ4v) is 9.75. The zero-order chi connectivity index (χ0) is 35.6. The van der Waals surface area contributed by atoms with Crippen molar-refractivity contribution in [1.82, 2.24) is 15.0 Å². The molecule has 2 aliphatic rings. The lowest BCUT2D eigenvalue weighted by molar-refractivity contribution is 0.724. The molecule has 0 bridgehead atoms. The van der Waals surface area contributed by atoms with Gasteiger partial charge in [-0.05, 0) is 79.5 Å². The summed E-state index contributed by atoms with van der Waals surface area (Å²) in [6, 6.07) is 67.4. The molecule has 0 saturated heterocycles. The molecule has 0 unspecified atom stereocenters. The number of nitrogens with zero attached hydrogens (tertiary/aromatic N) is 3. The lowest BCUT2D eigenvalue weighted by Gasteiger charge is -2.39. The topological polar surface area (TPSA) is 38.7 Å². The molecule has 1 aromatic heterocycles. The van der Waals surface area contributed by atoms with Crippen LogP contribution in [0.4, 0.5) is 0 Å². The molecule has 54 heavy (non-hydrogen) atoms. The Morgan fingerprint density at radius 3 is 1.46 bits per heavy atom. The molecule has 3 nitrogen and oxygen atoms in total. The van der Waals surface area contributed by atoms with Crippen molar-refractivity contribution < 1.29 is 0 Å². The van der Waals surface area contributed by atoms with Crippen LogP contribution in [-0.2, 0) is 5.41 Å². The van der Waals surface area contributed by atoms with Crippen LogP contribution in [0, 0.1) is 0 Å². The standard InChI is InChI=1S/C50H31N3S/c1-3-13-32(14-4-1)33-23-25-35(26-24-33)48-51-47(34-15-5-2-6-16-34)52-49(53-48)37-28-27-36-31-46-44(30-38(36)29-37)50(43-21-11-12-22-45(43)54-46)41-19-9-7-17-39(41)40-18-8-10-20-42(40)50/h1-31H. The van der Waals surface area contributed by atoms with Crippen LogP contribution in [0.5, 0.6) is 0 Å². The highest BCUT2D eigenvalue weighted by Gasteiger charge is 2.50. The normalized spacial score (nSPS) is 13.3. The molecule has 0 N–H and O–H groups in total. The van der Waals surface area contributed by atoms with E-state index in [1.54, 1.807) is 0 Å². The Kier molecular flexibility index (Phi) is 7.01. The fourth-order valence-electron chi connectivity index (χ4n) is 8.53. The average molecular weight is 706 g/mol. The summed E-state index contributed by atoms with van der Waals surface area (Å²) < 4.78 is 0. The van der Waals surface area contributed by atoms with Crippen LogP contribution in [0.1, 0.15) is 22.3 Å². The Balaban J connectivity index is 1.10. The number of rotatable bonds is 4. The van der Waals surface area contributed by atoms with Crippen molar-refractivity contribution in [1.29, 1.82) is 0 Å². The van der Waals surface area contributed by atoms with Crippen molar-refractivity contribution in [3.05, 3.63) is 210 Å². The molecule has 0 fully saturated rings. The third kappa shape index (κ3) is 4.74. The molecular formula is C50H31N3S. The molecule has 1 aliphatic heterocycles. The minimum absolute atomic E-state index is 0.429. The van der Waals surface area contributed by atoms with Gasteiger partial charge in [0.1, 0.15) is 0 Å². The first-order chi connectivity index (χ1) is 26.7. The van der Waals surface area contributed by atoms with Crippen LogP contribution in [-0.4, -0.2) is 15.0 Å². The molecular weight excluding hydrogens is 675 g/mol. The first-order valence-corrected chi connectivity index (χ1v) is 19.1. The third-order valence-corrected chi connectivity index (χ3v) is 12.1. The highest BCUT2D eigenvalue weighted by molar-refractivity contribution is 7.99. The number of benzene rings is 8. The smallest absolute Gasteiger partial charge is 0.164 e. The molecule has 8 aromatic carbocycles. The van der Waals surface area contributed by atoms with E-state index in [-0.39, 0.29) is 0 Å². The van der Waals surface area contributed by atoms with Gasteiger partial charge in [0, 0.05) is 26.5 Å². The Labute approximate surface area is 318 Å². The first-order valence-electron chi connectivity index (χ1n) is 18.3. The van der Waals surface area contributed by atoms with Gasteiger partial charge in [0.05, 0.1) is 5.41 Å². The van der Waals surface area contributed by atoms with Gasteiger partial charge in [-0.2, -0.15) is 0 Å². The largest absolute Gasteiger partial charge is 0.208 e. The fraction of sp³-hybridized carbons (Fsp3) is 0.0200. The van der Waals surface area contributed by atoms with E-state index in [1.807, 2.05) is 36.0 Å². The second-order valence-electron chi connectivity index (χ2n) is 14.0. The second kappa shape index (κ2) is 12.2. The SMILES string of the molecule is c1ccc(-c2ccc(-c3nc(-c4ccccc4)nc(-c4ccc5cc6c(cc5c4)C4(c5ccccc5S6)c5ccccc5-c5ccccc54)n3)cc2)cc1. The van der Waals surface area contributed by atoms with Crippen LogP contribution in [0.2, 0.25) is 0 Å². The Hall–Kier alpha value is -6.62. The van der Waals surface area contributed by atoms with E-state index in [0.29, 0.717) is 17.5 Å². The minimum atomic E-state index is -0.429. The van der Waals surface area contributed by atoms with Gasteiger partial charge in [-0.1, -0.05) is 176 Å². The number of fused-ring (bicyclic) bond motifs is 10. The summed E-state index contributed by atoms with van der Waals surface area (Å²) in [6.45, 7) is 0. The van der Waals surface area contributed by atoms with Gasteiger partial charge in [0.25, 0.3) is 0 Å². The zero-order valence-corrected chi connectivity index (χ0v) is 30.0. The average Bonchev–Trinajstić information content (AvgIpc) is 3.54. The van der Waals surface area contributed by atoms with Gasteiger partial charge >= 0.3 is 0 Å². The molecule has 0 amide bonds. The predicted molar refractivity (Wildman–Crippen MR) is 221 cm³/mol. The molecule has 11 rings (SSSR count). The van der Waals surface area contributed by atoms with Gasteiger partial charge in [0.15, 0.2) is 17.5 Å². The summed E-state index contributed by atoms with van der Waals surface area (Å²) in [5.41, 5.74) is 12.7. The van der Waals surface area contributed by atoms with Crippen LogP contribution >= 0.6 is 11.8 Å². The van der Waals surface area contributed by atoms with Crippen LogP contribution in [0.25, 0.3) is 67.2 Å². The Morgan fingerprint density at radius 2 is 0.796 bits per heavy atom. The molecule has 252 valence electrons. The minimum Gasteiger partial charge on any atom is -0.208 e. The van der Waals surface area contributed by atoms with E-state index in [0.717, 1.165) is 27.6 Å². The van der Waals surface area contributed by atoms with E-state index in [2.05, 4.69) is 164 Å². The maximum atomic E-state index is 5.13. The van der Waals surface area contributed by atoms with E-state index in [4.69, 9.17) is 15.0 Å². The first kappa shape index (κ1) is 31.0. The Bertz CT molecular complexity index is 2860. The molecule has 1 spiro atoms. The van der Waals surface area contributed by atoms with Crippen LogP contribution < -0.4 is 0 Å². The highest BCUT2D eigenvalue weighted by atomic mass is 32.2. The van der Waals surface area contributed by atoms with Crippen LogP contribution in [0.15, 0.2) is 198 Å². The summed E-state index contributed by atoms with van der Waals surface area (Å²) in [7, 11) is 0. The number of aromatic nitrogens is 3. The molecule has 0 atom stereocenters. The molecule has 4 heteroatoms. The summed E-state index contributed by atoms with van der Waals surface area (Å²) in [6.07, 6.45) is 0. The van der Waals surface area contributed by atoms with Crippen molar-refractivity contribution in [2.45, 2.75) is 15.2 Å².